The zero-order chi connectivity index (χ0) is 34.1. The molecule has 0 bridgehead atoms. The molecule has 0 spiro atoms. The zero-order valence-electron chi connectivity index (χ0n) is 27.0. The Kier molecular flexibility index (Phi) is 10.00. The first-order valence-corrected chi connectivity index (χ1v) is 17.5. The summed E-state index contributed by atoms with van der Waals surface area (Å²) in [6, 6.07) is 16.2. The highest BCUT2D eigenvalue weighted by Crippen LogP contribution is 2.40. The number of likely N-dealkylation sites (tertiary alicyclic amines) is 2. The molecule has 0 aliphatic carbocycles. The van der Waals surface area contributed by atoms with Crippen LogP contribution in [0.5, 0.6) is 0 Å². The number of nitrogens with zero attached hydrogens (tertiary/aromatic N) is 5. The number of β-amino-alcohol motifs (C(OH)–C–C–N with tert-alkyl or cyclic N) is 1. The number of nitrogens with one attached hydrogen (secondary N) is 2. The number of anilines is 2. The van der Waals surface area contributed by atoms with Crippen LogP contribution < -0.4 is 10.6 Å². The maximum atomic E-state index is 13.5. The molecule has 256 valence electrons. The first-order chi connectivity index (χ1) is 23.7. The highest BCUT2D eigenvalue weighted by molar-refractivity contribution is 6.40. The SMILES string of the molecule is O=C(Nc1cccc(-c2cccc(NC(=O)c3cc4n(n3)CCCC4N3CCC(O)CC3)c2Cl)c1Cl)c1ccc(CN2CC[C@@H](O)C2)cn1. The van der Waals surface area contributed by atoms with Crippen LogP contribution >= 0.6 is 23.2 Å². The van der Waals surface area contributed by atoms with Gasteiger partial charge in [0.05, 0.1) is 45.4 Å². The molecule has 13 heteroatoms. The first-order valence-electron chi connectivity index (χ1n) is 16.8. The van der Waals surface area contributed by atoms with Crippen molar-refractivity contribution in [1.82, 2.24) is 24.6 Å². The standard InChI is InChI=1S/C36H39Cl2N7O4/c37-33-25(4-1-6-27(33)40-35(48)29-10-9-22(19-39-29)20-43-15-11-24(47)21-43)26-5-2-7-28(34(26)38)41-36(49)30-18-32-31(8-3-14-45(32)42-30)44-16-12-23(46)13-17-44/h1-2,4-7,9-10,18-19,23-24,31,46-47H,3,8,11-17,20-21H2,(H,40,48)(H,41,49)/t24-,31?/m1/s1. The van der Waals surface area contributed by atoms with E-state index >= 15 is 0 Å². The third-order valence-corrected chi connectivity index (χ3v) is 10.5. The molecular formula is C36H39Cl2N7O4. The lowest BCUT2D eigenvalue weighted by molar-refractivity contribution is 0.0512. The van der Waals surface area contributed by atoms with E-state index in [4.69, 9.17) is 23.2 Å². The summed E-state index contributed by atoms with van der Waals surface area (Å²) in [6.45, 7) is 4.53. The van der Waals surface area contributed by atoms with E-state index in [0.29, 0.717) is 51.3 Å². The Morgan fingerprint density at radius 3 is 2.06 bits per heavy atom. The van der Waals surface area contributed by atoms with Gasteiger partial charge in [-0.05, 0) is 61.9 Å². The fourth-order valence-electron chi connectivity index (χ4n) is 7.05. The maximum Gasteiger partial charge on any atom is 0.276 e. The van der Waals surface area contributed by atoms with Crippen molar-refractivity contribution in [1.29, 1.82) is 0 Å². The smallest absolute Gasteiger partial charge is 0.276 e. The molecule has 0 radical (unpaired) electrons. The maximum absolute atomic E-state index is 13.5. The third-order valence-electron chi connectivity index (χ3n) is 9.67. The number of aromatic nitrogens is 3. The van der Waals surface area contributed by atoms with Crippen molar-refractivity contribution in [2.75, 3.05) is 36.8 Å². The van der Waals surface area contributed by atoms with Crippen LogP contribution in [0.25, 0.3) is 11.1 Å². The Bertz CT molecular complexity index is 1840. The fraction of sp³-hybridized carbons (Fsp3) is 0.389. The number of aryl methyl sites for hydroxylation is 1. The number of amides is 2. The van der Waals surface area contributed by atoms with Gasteiger partial charge in [0.25, 0.3) is 11.8 Å². The summed E-state index contributed by atoms with van der Waals surface area (Å²) in [5.41, 5.74) is 4.53. The second-order valence-corrected chi connectivity index (χ2v) is 13.8. The van der Waals surface area contributed by atoms with Gasteiger partial charge in [0.15, 0.2) is 5.69 Å². The predicted molar refractivity (Wildman–Crippen MR) is 189 cm³/mol. The van der Waals surface area contributed by atoms with Gasteiger partial charge >= 0.3 is 0 Å². The number of hydrogen-bond donors (Lipinski definition) is 4. The summed E-state index contributed by atoms with van der Waals surface area (Å²) in [5.74, 6) is -0.769. The Hall–Kier alpha value is -3.84. The largest absolute Gasteiger partial charge is 0.393 e. The van der Waals surface area contributed by atoms with E-state index in [1.807, 2.05) is 16.8 Å². The number of hydrogen-bond acceptors (Lipinski definition) is 8. The van der Waals surface area contributed by atoms with Gasteiger partial charge in [0, 0.05) is 56.6 Å². The topological polar surface area (TPSA) is 136 Å². The zero-order valence-corrected chi connectivity index (χ0v) is 28.5. The van der Waals surface area contributed by atoms with Crippen molar-refractivity contribution in [2.24, 2.45) is 0 Å². The minimum Gasteiger partial charge on any atom is -0.393 e. The molecule has 2 saturated heterocycles. The van der Waals surface area contributed by atoms with Crippen LogP contribution in [0.2, 0.25) is 10.0 Å². The fourth-order valence-corrected chi connectivity index (χ4v) is 7.60. The van der Waals surface area contributed by atoms with Crippen molar-refractivity contribution < 1.29 is 19.8 Å². The Morgan fingerprint density at radius 1 is 0.796 bits per heavy atom. The number of rotatable bonds is 8. The van der Waals surface area contributed by atoms with Crippen LogP contribution in [0.1, 0.15) is 70.4 Å². The van der Waals surface area contributed by atoms with E-state index < -0.39 is 5.91 Å². The van der Waals surface area contributed by atoms with Gasteiger partial charge in [-0.15, -0.1) is 0 Å². The van der Waals surface area contributed by atoms with Crippen molar-refractivity contribution in [3.8, 4) is 11.1 Å². The number of benzene rings is 2. The molecule has 2 amide bonds. The molecule has 1 unspecified atom stereocenters. The molecule has 2 fully saturated rings. The minimum absolute atomic E-state index is 0.169. The van der Waals surface area contributed by atoms with Crippen LogP contribution in [0.3, 0.4) is 0 Å². The Labute approximate surface area is 294 Å². The van der Waals surface area contributed by atoms with E-state index in [-0.39, 0.29) is 29.9 Å². The molecule has 4 N–H and O–H groups in total. The quantitative estimate of drug-likeness (QED) is 0.186. The minimum atomic E-state index is -0.405. The van der Waals surface area contributed by atoms with Crippen molar-refractivity contribution in [3.63, 3.8) is 0 Å². The molecule has 4 aromatic rings. The summed E-state index contributed by atoms with van der Waals surface area (Å²) in [4.78, 5) is 35.5. The van der Waals surface area contributed by atoms with Gasteiger partial charge in [-0.2, -0.15) is 5.10 Å². The van der Waals surface area contributed by atoms with Crippen molar-refractivity contribution >= 4 is 46.4 Å². The van der Waals surface area contributed by atoms with Crippen molar-refractivity contribution in [3.05, 3.63) is 93.5 Å². The Balaban J connectivity index is 1.04. The van der Waals surface area contributed by atoms with Gasteiger partial charge < -0.3 is 20.8 Å². The molecular weight excluding hydrogens is 665 g/mol. The second-order valence-electron chi connectivity index (χ2n) is 13.1. The normalized spacial score (nSPS) is 20.2. The lowest BCUT2D eigenvalue weighted by atomic mass is 9.98. The number of halogens is 2. The van der Waals surface area contributed by atoms with E-state index in [1.54, 1.807) is 48.7 Å². The second kappa shape index (κ2) is 14.6. The average Bonchev–Trinajstić information content (AvgIpc) is 3.73. The third kappa shape index (κ3) is 7.38. The summed E-state index contributed by atoms with van der Waals surface area (Å²) >= 11 is 13.7. The highest BCUT2D eigenvalue weighted by Gasteiger charge is 2.31. The predicted octanol–water partition coefficient (Wildman–Crippen LogP) is 5.61. The molecule has 2 atom stereocenters. The number of aliphatic hydroxyl groups is 2. The number of aliphatic hydroxyl groups excluding tert-OH is 2. The van der Waals surface area contributed by atoms with E-state index in [1.165, 1.54) is 0 Å². The molecule has 3 aliphatic rings. The average molecular weight is 705 g/mol. The highest BCUT2D eigenvalue weighted by atomic mass is 35.5. The molecule has 0 saturated carbocycles. The number of carbonyl (C=O) groups excluding carboxylic acids is 2. The molecule has 3 aliphatic heterocycles. The van der Waals surface area contributed by atoms with Gasteiger partial charge in [-0.3, -0.25) is 29.1 Å². The summed E-state index contributed by atoms with van der Waals surface area (Å²) in [7, 11) is 0. The van der Waals surface area contributed by atoms with Gasteiger partial charge in [0.1, 0.15) is 5.69 Å². The first kappa shape index (κ1) is 33.6. The summed E-state index contributed by atoms with van der Waals surface area (Å²) in [6.07, 6.45) is 5.37. The molecule has 2 aromatic carbocycles. The van der Waals surface area contributed by atoms with Gasteiger partial charge in [-0.25, -0.2) is 0 Å². The van der Waals surface area contributed by atoms with Gasteiger partial charge in [0.2, 0.25) is 0 Å². The Morgan fingerprint density at radius 2 is 1.45 bits per heavy atom. The van der Waals surface area contributed by atoms with E-state index in [9.17, 15) is 19.8 Å². The lowest BCUT2D eigenvalue weighted by Gasteiger charge is -2.38. The van der Waals surface area contributed by atoms with Crippen LogP contribution in [-0.2, 0) is 13.1 Å². The molecule has 49 heavy (non-hydrogen) atoms. The van der Waals surface area contributed by atoms with Gasteiger partial charge in [-0.1, -0.05) is 53.5 Å². The number of fused-ring (bicyclic) bond motifs is 1. The number of piperidine rings is 1. The molecule has 7 rings (SSSR count). The van der Waals surface area contributed by atoms with E-state index in [2.05, 4.69) is 30.5 Å². The molecule has 2 aromatic heterocycles. The summed E-state index contributed by atoms with van der Waals surface area (Å²) in [5, 5.41) is 30.8. The monoisotopic (exact) mass is 703 g/mol. The molecule has 5 heterocycles. The number of pyridine rings is 1. The van der Waals surface area contributed by atoms with Crippen molar-refractivity contribution in [2.45, 2.75) is 63.4 Å². The van der Waals surface area contributed by atoms with Crippen LogP contribution in [-0.4, -0.2) is 85.0 Å². The van der Waals surface area contributed by atoms with Crippen LogP contribution in [0.15, 0.2) is 60.8 Å². The summed E-state index contributed by atoms with van der Waals surface area (Å²) < 4.78 is 1.93. The lowest BCUT2D eigenvalue weighted by Crippen LogP contribution is -2.40. The molecule has 11 nitrogen and oxygen atoms in total. The van der Waals surface area contributed by atoms with Crippen LogP contribution in [0.4, 0.5) is 11.4 Å². The van der Waals surface area contributed by atoms with Crippen LogP contribution in [0, 0.1) is 0 Å². The van der Waals surface area contributed by atoms with E-state index in [0.717, 1.165) is 69.5 Å². The number of carbonyl (C=O) groups is 2.